The summed E-state index contributed by atoms with van der Waals surface area (Å²) in [5.74, 6) is 0.214. The third-order valence-electron chi connectivity index (χ3n) is 4.34. The Kier molecular flexibility index (Phi) is 6.62. The van der Waals surface area contributed by atoms with E-state index >= 15 is 0 Å². The molecule has 1 aliphatic heterocycles. The van der Waals surface area contributed by atoms with Gasteiger partial charge < -0.3 is 19.7 Å². The van der Waals surface area contributed by atoms with Crippen molar-refractivity contribution >= 4 is 23.2 Å². The molecule has 0 unspecified atom stereocenters. The highest BCUT2D eigenvalue weighted by Gasteiger charge is 2.18. The fourth-order valence-corrected chi connectivity index (χ4v) is 2.90. The van der Waals surface area contributed by atoms with Crippen molar-refractivity contribution in [2.24, 2.45) is 0 Å². The second kappa shape index (κ2) is 9.54. The fraction of sp³-hybridized carbons (Fsp3) is 0.300. The number of carbonyl (C=O) groups excluding carboxylic acids is 2. The van der Waals surface area contributed by atoms with Crippen LogP contribution in [0.25, 0.3) is 0 Å². The molecule has 1 heterocycles. The van der Waals surface area contributed by atoms with Gasteiger partial charge in [-0.1, -0.05) is 12.1 Å². The molecule has 152 valence electrons. The van der Waals surface area contributed by atoms with Crippen molar-refractivity contribution in [3.05, 3.63) is 58.6 Å². The van der Waals surface area contributed by atoms with Gasteiger partial charge >= 0.3 is 0 Å². The number of non-ortho nitro benzene ring substituents is 1. The van der Waals surface area contributed by atoms with Crippen molar-refractivity contribution in [1.82, 2.24) is 4.90 Å². The van der Waals surface area contributed by atoms with E-state index in [1.54, 1.807) is 29.2 Å². The van der Waals surface area contributed by atoms with Gasteiger partial charge in [0.15, 0.2) is 13.2 Å². The number of ether oxygens (including phenoxy) is 2. The van der Waals surface area contributed by atoms with Crippen LogP contribution in [0.2, 0.25) is 0 Å². The Bertz CT molecular complexity index is 895. The van der Waals surface area contributed by atoms with Gasteiger partial charge in [-0.2, -0.15) is 0 Å². The number of hydrogen-bond acceptors (Lipinski definition) is 6. The lowest BCUT2D eigenvalue weighted by Crippen LogP contribution is -2.32. The molecule has 0 radical (unpaired) electrons. The number of nitro benzene ring substituents is 1. The Morgan fingerprint density at radius 3 is 2.38 bits per heavy atom. The van der Waals surface area contributed by atoms with Gasteiger partial charge in [0.1, 0.15) is 11.5 Å². The van der Waals surface area contributed by atoms with Crippen molar-refractivity contribution < 1.29 is 24.0 Å². The van der Waals surface area contributed by atoms with Crippen LogP contribution in [0.4, 0.5) is 11.4 Å². The number of amides is 2. The number of nitro groups is 1. The van der Waals surface area contributed by atoms with Gasteiger partial charge in [-0.25, -0.2) is 0 Å². The van der Waals surface area contributed by atoms with Gasteiger partial charge in [-0.15, -0.1) is 0 Å². The minimum absolute atomic E-state index is 0.0483. The summed E-state index contributed by atoms with van der Waals surface area (Å²) >= 11 is 0. The van der Waals surface area contributed by atoms with Gasteiger partial charge in [-0.05, 0) is 31.0 Å². The molecule has 2 amide bonds. The van der Waals surface area contributed by atoms with Crippen molar-refractivity contribution in [1.29, 1.82) is 0 Å². The van der Waals surface area contributed by atoms with E-state index in [0.29, 0.717) is 11.4 Å². The smallest absolute Gasteiger partial charge is 0.273 e. The standard InChI is InChI=1S/C20H21N3O6/c24-19(13-28-18-8-4-6-16(12-18)23(26)27)21-15-5-3-7-17(11-15)29-14-20(25)22-9-1-2-10-22/h3-8,11-12H,1-2,9-10,13-14H2,(H,21,24). The summed E-state index contributed by atoms with van der Waals surface area (Å²) in [6.07, 6.45) is 2.04. The van der Waals surface area contributed by atoms with E-state index in [-0.39, 0.29) is 30.6 Å². The summed E-state index contributed by atoms with van der Waals surface area (Å²) in [7, 11) is 0. The van der Waals surface area contributed by atoms with Gasteiger partial charge in [0, 0.05) is 30.9 Å². The van der Waals surface area contributed by atoms with Crippen LogP contribution in [0.3, 0.4) is 0 Å². The average molecular weight is 399 g/mol. The maximum absolute atomic E-state index is 12.1. The number of likely N-dealkylation sites (tertiary alicyclic amines) is 1. The Labute approximate surface area is 167 Å². The zero-order valence-electron chi connectivity index (χ0n) is 15.7. The molecule has 1 fully saturated rings. The molecule has 0 aromatic heterocycles. The van der Waals surface area contributed by atoms with Crippen LogP contribution in [0.15, 0.2) is 48.5 Å². The van der Waals surface area contributed by atoms with Crippen LogP contribution in [0.1, 0.15) is 12.8 Å². The van der Waals surface area contributed by atoms with Gasteiger partial charge in [-0.3, -0.25) is 19.7 Å². The molecule has 3 rings (SSSR count). The lowest BCUT2D eigenvalue weighted by atomic mass is 10.3. The van der Waals surface area contributed by atoms with Gasteiger partial charge in [0.05, 0.1) is 11.0 Å². The Hall–Kier alpha value is -3.62. The predicted molar refractivity (Wildman–Crippen MR) is 105 cm³/mol. The second-order valence-corrected chi connectivity index (χ2v) is 6.50. The zero-order valence-corrected chi connectivity index (χ0v) is 15.7. The van der Waals surface area contributed by atoms with Crippen LogP contribution >= 0.6 is 0 Å². The minimum Gasteiger partial charge on any atom is -0.484 e. The molecule has 9 heteroatoms. The summed E-state index contributed by atoms with van der Waals surface area (Å²) in [5, 5.41) is 13.4. The van der Waals surface area contributed by atoms with Gasteiger partial charge in [0.2, 0.25) is 0 Å². The predicted octanol–water partition coefficient (Wildman–Crippen LogP) is 2.61. The number of carbonyl (C=O) groups is 2. The van der Waals surface area contributed by atoms with Crippen LogP contribution < -0.4 is 14.8 Å². The van der Waals surface area contributed by atoms with E-state index < -0.39 is 10.8 Å². The van der Waals surface area contributed by atoms with Crippen LogP contribution in [-0.4, -0.2) is 47.9 Å². The molecule has 29 heavy (non-hydrogen) atoms. The maximum Gasteiger partial charge on any atom is 0.273 e. The topological polar surface area (TPSA) is 111 Å². The molecule has 0 saturated carbocycles. The molecular weight excluding hydrogens is 378 g/mol. The molecule has 2 aromatic carbocycles. The van der Waals surface area contributed by atoms with E-state index in [0.717, 1.165) is 25.9 Å². The van der Waals surface area contributed by atoms with Crippen molar-refractivity contribution in [2.75, 3.05) is 31.6 Å². The number of nitrogens with zero attached hydrogens (tertiary/aromatic N) is 2. The summed E-state index contributed by atoms with van der Waals surface area (Å²) in [4.78, 5) is 36.1. The lowest BCUT2D eigenvalue weighted by molar-refractivity contribution is -0.384. The molecule has 1 saturated heterocycles. The van der Waals surface area contributed by atoms with Crippen molar-refractivity contribution in [2.45, 2.75) is 12.8 Å². The van der Waals surface area contributed by atoms with E-state index in [2.05, 4.69) is 5.32 Å². The molecule has 0 aliphatic carbocycles. The third kappa shape index (κ3) is 5.93. The average Bonchev–Trinajstić information content (AvgIpc) is 3.26. The first kappa shape index (κ1) is 20.1. The summed E-state index contributed by atoms with van der Waals surface area (Å²) < 4.78 is 10.8. The molecule has 0 atom stereocenters. The number of hydrogen-bond donors (Lipinski definition) is 1. The normalized spacial score (nSPS) is 13.0. The summed E-state index contributed by atoms with van der Waals surface area (Å²) in [6, 6.07) is 12.3. The number of benzene rings is 2. The first-order chi connectivity index (χ1) is 14.0. The van der Waals surface area contributed by atoms with E-state index in [1.807, 2.05) is 0 Å². The molecule has 9 nitrogen and oxygen atoms in total. The molecule has 1 N–H and O–H groups in total. The molecule has 1 aliphatic rings. The Morgan fingerprint density at radius 2 is 1.66 bits per heavy atom. The highest BCUT2D eigenvalue weighted by Crippen LogP contribution is 2.20. The van der Waals surface area contributed by atoms with Crippen LogP contribution in [0, 0.1) is 10.1 Å². The number of anilines is 1. The van der Waals surface area contributed by atoms with Gasteiger partial charge in [0.25, 0.3) is 17.5 Å². The van der Waals surface area contributed by atoms with Crippen LogP contribution in [-0.2, 0) is 9.59 Å². The molecule has 0 bridgehead atoms. The number of rotatable bonds is 8. The first-order valence-electron chi connectivity index (χ1n) is 9.19. The van der Waals surface area contributed by atoms with E-state index in [9.17, 15) is 19.7 Å². The molecule has 2 aromatic rings. The third-order valence-corrected chi connectivity index (χ3v) is 4.34. The maximum atomic E-state index is 12.1. The zero-order chi connectivity index (χ0) is 20.6. The highest BCUT2D eigenvalue weighted by atomic mass is 16.6. The quantitative estimate of drug-likeness (QED) is 0.540. The van der Waals surface area contributed by atoms with Crippen molar-refractivity contribution in [3.63, 3.8) is 0 Å². The minimum atomic E-state index is -0.535. The largest absolute Gasteiger partial charge is 0.484 e. The highest BCUT2D eigenvalue weighted by molar-refractivity contribution is 5.92. The molecule has 0 spiro atoms. The summed E-state index contributed by atoms with van der Waals surface area (Å²) in [5.41, 5.74) is 0.375. The Balaban J connectivity index is 1.49. The molecular formula is C20H21N3O6. The first-order valence-corrected chi connectivity index (χ1v) is 9.19. The fourth-order valence-electron chi connectivity index (χ4n) is 2.90. The van der Waals surface area contributed by atoms with E-state index in [1.165, 1.54) is 24.3 Å². The SMILES string of the molecule is O=C(COc1cccc([N+](=O)[O-])c1)Nc1cccc(OCC(=O)N2CCCC2)c1. The van der Waals surface area contributed by atoms with Crippen molar-refractivity contribution in [3.8, 4) is 11.5 Å². The van der Waals surface area contributed by atoms with E-state index in [4.69, 9.17) is 9.47 Å². The lowest BCUT2D eigenvalue weighted by Gasteiger charge is -2.15. The Morgan fingerprint density at radius 1 is 1.00 bits per heavy atom. The second-order valence-electron chi connectivity index (χ2n) is 6.50. The number of nitrogens with one attached hydrogen (secondary N) is 1. The monoisotopic (exact) mass is 399 g/mol. The summed E-state index contributed by atoms with van der Waals surface area (Å²) in [6.45, 7) is 1.18. The van der Waals surface area contributed by atoms with Crippen LogP contribution in [0.5, 0.6) is 11.5 Å².